The Kier molecular flexibility index (Phi) is 6.72. The van der Waals surface area contributed by atoms with E-state index in [0.717, 1.165) is 13.0 Å². The summed E-state index contributed by atoms with van der Waals surface area (Å²) in [7, 11) is 0. The zero-order valence-electron chi connectivity index (χ0n) is 16.0. The highest BCUT2D eigenvalue weighted by atomic mass is 35.5. The number of amidine groups is 1. The number of aromatic nitrogens is 1. The molecule has 9 heteroatoms. The van der Waals surface area contributed by atoms with Gasteiger partial charge in [-0.1, -0.05) is 11.6 Å². The van der Waals surface area contributed by atoms with Gasteiger partial charge in [-0.25, -0.2) is 4.98 Å². The number of likely N-dealkylation sites (tertiary alicyclic amines) is 2. The number of nitrogens with one attached hydrogen (secondary N) is 2. The molecule has 8 nitrogen and oxygen atoms in total. The Labute approximate surface area is 169 Å². The van der Waals surface area contributed by atoms with Crippen molar-refractivity contribution in [2.24, 2.45) is 11.8 Å². The smallest absolute Gasteiger partial charge is 0.291 e. The van der Waals surface area contributed by atoms with Gasteiger partial charge in [0.15, 0.2) is 5.90 Å². The molecule has 1 amide bonds. The van der Waals surface area contributed by atoms with Gasteiger partial charge in [-0.2, -0.15) is 0 Å². The molecule has 1 aromatic heterocycles. The van der Waals surface area contributed by atoms with E-state index in [-0.39, 0.29) is 23.7 Å². The second kappa shape index (κ2) is 9.23. The molecular weight excluding hydrogens is 382 g/mol. The summed E-state index contributed by atoms with van der Waals surface area (Å²) in [5, 5.41) is 15.7. The first-order valence-corrected chi connectivity index (χ1v) is 9.90. The van der Waals surface area contributed by atoms with Gasteiger partial charge in [0.2, 0.25) is 11.8 Å². The fourth-order valence-corrected chi connectivity index (χ4v) is 3.73. The first-order valence-electron chi connectivity index (χ1n) is 9.52. The van der Waals surface area contributed by atoms with E-state index in [1.54, 1.807) is 23.2 Å². The summed E-state index contributed by atoms with van der Waals surface area (Å²) in [5.74, 6) is 1.04. The van der Waals surface area contributed by atoms with Crippen molar-refractivity contribution in [1.82, 2.24) is 14.8 Å². The van der Waals surface area contributed by atoms with Gasteiger partial charge in [-0.05, 0) is 25.3 Å². The Balaban J connectivity index is 1.41. The minimum atomic E-state index is -0.0114. The van der Waals surface area contributed by atoms with E-state index >= 15 is 0 Å². The lowest BCUT2D eigenvalue weighted by molar-refractivity contribution is -0.135. The molecular formula is C19H26ClN5O3. The Morgan fingerprint density at radius 3 is 2.57 bits per heavy atom. The van der Waals surface area contributed by atoms with Crippen LogP contribution in [0.1, 0.15) is 26.2 Å². The quantitative estimate of drug-likeness (QED) is 0.590. The standard InChI is InChI=1S/C19H26ClN5O3/c1-13(21)28-19(22)24-8-5-15(6-9-24)18(26)25-7-4-14(11-25)12-27-17-3-2-16(20)10-23-17/h2-3,10,14-15,21-22H,4-9,11-12H2,1H3. The molecule has 2 N–H and O–H groups in total. The van der Waals surface area contributed by atoms with Gasteiger partial charge in [-0.15, -0.1) is 0 Å². The zero-order chi connectivity index (χ0) is 20.1. The first-order chi connectivity index (χ1) is 13.4. The number of ether oxygens (including phenoxy) is 2. The molecule has 0 bridgehead atoms. The highest BCUT2D eigenvalue weighted by molar-refractivity contribution is 6.30. The molecule has 1 atom stereocenters. The number of halogens is 1. The molecule has 2 fully saturated rings. The van der Waals surface area contributed by atoms with Crippen LogP contribution in [0.15, 0.2) is 18.3 Å². The van der Waals surface area contributed by atoms with Crippen LogP contribution in [0.5, 0.6) is 5.88 Å². The molecule has 0 saturated carbocycles. The number of pyridine rings is 1. The van der Waals surface area contributed by atoms with Crippen molar-refractivity contribution < 1.29 is 14.3 Å². The summed E-state index contributed by atoms with van der Waals surface area (Å²) in [5.41, 5.74) is 0. The molecule has 152 valence electrons. The van der Waals surface area contributed by atoms with Gasteiger partial charge < -0.3 is 19.3 Å². The predicted octanol–water partition coefficient (Wildman–Crippen LogP) is 2.62. The van der Waals surface area contributed by atoms with E-state index < -0.39 is 0 Å². The van der Waals surface area contributed by atoms with Crippen molar-refractivity contribution in [2.75, 3.05) is 32.8 Å². The van der Waals surface area contributed by atoms with Crippen LogP contribution < -0.4 is 4.74 Å². The number of carbonyl (C=O) groups is 1. The average Bonchev–Trinajstić information content (AvgIpc) is 3.15. The number of carbonyl (C=O) groups excluding carboxylic acids is 1. The molecule has 0 spiro atoms. The lowest BCUT2D eigenvalue weighted by Crippen LogP contribution is -2.44. The Morgan fingerprint density at radius 2 is 1.93 bits per heavy atom. The minimum absolute atomic E-state index is 0.00216. The molecule has 3 heterocycles. The van der Waals surface area contributed by atoms with E-state index in [0.29, 0.717) is 55.9 Å². The summed E-state index contributed by atoms with van der Waals surface area (Å²) < 4.78 is 10.8. The first kappa shape index (κ1) is 20.4. The molecule has 1 aromatic rings. The molecule has 2 aliphatic heterocycles. The maximum atomic E-state index is 12.8. The fraction of sp³-hybridized carbons (Fsp3) is 0.579. The molecule has 0 radical (unpaired) electrons. The number of nitrogens with zero attached hydrogens (tertiary/aromatic N) is 3. The summed E-state index contributed by atoms with van der Waals surface area (Å²) >= 11 is 5.82. The van der Waals surface area contributed by atoms with E-state index in [4.69, 9.17) is 31.9 Å². The van der Waals surface area contributed by atoms with Crippen LogP contribution >= 0.6 is 11.6 Å². The highest BCUT2D eigenvalue weighted by Crippen LogP contribution is 2.25. The average molecular weight is 408 g/mol. The van der Waals surface area contributed by atoms with Gasteiger partial charge in [0.25, 0.3) is 6.02 Å². The molecule has 28 heavy (non-hydrogen) atoms. The number of hydrogen-bond acceptors (Lipinski definition) is 6. The molecule has 0 aliphatic carbocycles. The maximum absolute atomic E-state index is 12.8. The van der Waals surface area contributed by atoms with Crippen molar-refractivity contribution in [2.45, 2.75) is 26.2 Å². The molecule has 3 rings (SSSR count). The zero-order valence-corrected chi connectivity index (χ0v) is 16.7. The Morgan fingerprint density at radius 1 is 1.21 bits per heavy atom. The SMILES string of the molecule is CC(=N)OC(=N)N1CCC(C(=O)N2CCC(COc3ccc(Cl)cn3)C2)CC1. The number of piperidine rings is 1. The van der Waals surface area contributed by atoms with Crippen molar-refractivity contribution in [3.05, 3.63) is 23.4 Å². The van der Waals surface area contributed by atoms with Crippen LogP contribution in [-0.4, -0.2) is 65.4 Å². The lowest BCUT2D eigenvalue weighted by atomic mass is 9.95. The lowest BCUT2D eigenvalue weighted by Gasteiger charge is -2.33. The Bertz CT molecular complexity index is 719. The normalized spacial score (nSPS) is 20.1. The monoisotopic (exact) mass is 407 g/mol. The molecule has 2 aliphatic rings. The van der Waals surface area contributed by atoms with E-state index in [2.05, 4.69) is 4.98 Å². The van der Waals surface area contributed by atoms with Crippen LogP contribution in [0.25, 0.3) is 0 Å². The topological polar surface area (TPSA) is 103 Å². The van der Waals surface area contributed by atoms with Crippen LogP contribution in [0.2, 0.25) is 5.02 Å². The van der Waals surface area contributed by atoms with Crippen LogP contribution in [0, 0.1) is 22.7 Å². The van der Waals surface area contributed by atoms with Gasteiger partial charge >= 0.3 is 0 Å². The van der Waals surface area contributed by atoms with Gasteiger partial charge in [0.1, 0.15) is 0 Å². The molecule has 1 unspecified atom stereocenters. The van der Waals surface area contributed by atoms with E-state index in [9.17, 15) is 4.79 Å². The predicted molar refractivity (Wildman–Crippen MR) is 106 cm³/mol. The third-order valence-corrected chi connectivity index (χ3v) is 5.37. The van der Waals surface area contributed by atoms with Crippen molar-refractivity contribution in [3.8, 4) is 5.88 Å². The van der Waals surface area contributed by atoms with E-state index in [1.165, 1.54) is 6.92 Å². The second-order valence-electron chi connectivity index (χ2n) is 7.29. The minimum Gasteiger partial charge on any atom is -0.477 e. The number of amides is 1. The highest BCUT2D eigenvalue weighted by Gasteiger charge is 2.33. The number of rotatable bonds is 4. The summed E-state index contributed by atoms with van der Waals surface area (Å²) in [4.78, 5) is 20.7. The third kappa shape index (κ3) is 5.34. The maximum Gasteiger partial charge on any atom is 0.291 e. The van der Waals surface area contributed by atoms with Crippen molar-refractivity contribution >= 4 is 29.4 Å². The summed E-state index contributed by atoms with van der Waals surface area (Å²) in [6.07, 6.45) is 3.89. The third-order valence-electron chi connectivity index (χ3n) is 5.15. The number of hydrogen-bond donors (Lipinski definition) is 2. The fourth-order valence-electron chi connectivity index (χ4n) is 3.62. The molecule has 2 saturated heterocycles. The van der Waals surface area contributed by atoms with Crippen LogP contribution in [0.3, 0.4) is 0 Å². The van der Waals surface area contributed by atoms with Gasteiger partial charge in [-0.3, -0.25) is 15.6 Å². The van der Waals surface area contributed by atoms with Crippen molar-refractivity contribution in [3.63, 3.8) is 0 Å². The second-order valence-corrected chi connectivity index (χ2v) is 7.73. The van der Waals surface area contributed by atoms with E-state index in [1.807, 2.05) is 4.90 Å². The van der Waals surface area contributed by atoms with Crippen molar-refractivity contribution in [1.29, 1.82) is 10.8 Å². The Hall–Kier alpha value is -2.35. The van der Waals surface area contributed by atoms with Crippen LogP contribution in [-0.2, 0) is 9.53 Å². The summed E-state index contributed by atoms with van der Waals surface area (Å²) in [6.45, 7) is 4.71. The molecule has 0 aromatic carbocycles. The van der Waals surface area contributed by atoms with Gasteiger partial charge in [0.05, 0.1) is 11.6 Å². The summed E-state index contributed by atoms with van der Waals surface area (Å²) in [6, 6.07) is 3.48. The van der Waals surface area contributed by atoms with Crippen LogP contribution in [0.4, 0.5) is 0 Å². The largest absolute Gasteiger partial charge is 0.477 e. The van der Waals surface area contributed by atoms with Gasteiger partial charge in [0, 0.05) is 57.2 Å².